The first kappa shape index (κ1) is 23.2. The Hall–Kier alpha value is -3.11. The van der Waals surface area contributed by atoms with Gasteiger partial charge < -0.3 is 10.6 Å². The number of carbonyl (C=O) groups is 2. The molecule has 0 atom stereocenters. The van der Waals surface area contributed by atoms with E-state index < -0.39 is 33.5 Å². The summed E-state index contributed by atoms with van der Waals surface area (Å²) < 4.78 is 52.4. The lowest BCUT2D eigenvalue weighted by Crippen LogP contribution is -2.28. The predicted molar refractivity (Wildman–Crippen MR) is 109 cm³/mol. The Morgan fingerprint density at radius 2 is 1.77 bits per heavy atom. The summed E-state index contributed by atoms with van der Waals surface area (Å²) in [6.07, 6.45) is 1.37. The maximum absolute atomic E-state index is 13.5. The zero-order chi connectivity index (χ0) is 22.1. The summed E-state index contributed by atoms with van der Waals surface area (Å²) in [5, 5.41) is 4.99. The quantitative estimate of drug-likeness (QED) is 0.496. The molecule has 2 amide bonds. The van der Waals surface area contributed by atoms with Crippen LogP contribution in [-0.2, 0) is 20.6 Å². The third-order valence-electron chi connectivity index (χ3n) is 3.86. The Bertz CT molecular complexity index is 1020. The van der Waals surface area contributed by atoms with Gasteiger partial charge in [0, 0.05) is 31.3 Å². The molecule has 30 heavy (non-hydrogen) atoms. The zero-order valence-corrected chi connectivity index (χ0v) is 16.8. The van der Waals surface area contributed by atoms with E-state index in [9.17, 15) is 26.8 Å². The molecule has 0 spiro atoms. The highest BCUT2D eigenvalue weighted by Crippen LogP contribution is 2.12. The van der Waals surface area contributed by atoms with Crippen LogP contribution in [0, 0.1) is 11.6 Å². The fraction of sp³-hybridized carbons (Fsp3) is 0.200. The van der Waals surface area contributed by atoms with E-state index in [1.807, 2.05) is 0 Å². The Labute approximate surface area is 173 Å². The van der Waals surface area contributed by atoms with E-state index in [0.717, 1.165) is 12.1 Å². The molecule has 0 fully saturated rings. The van der Waals surface area contributed by atoms with Crippen molar-refractivity contribution < 1.29 is 26.8 Å². The molecule has 0 heterocycles. The van der Waals surface area contributed by atoms with E-state index in [4.69, 9.17) is 0 Å². The third kappa shape index (κ3) is 7.37. The normalized spacial score (nSPS) is 11.0. The first-order valence-corrected chi connectivity index (χ1v) is 10.6. The molecule has 2 rings (SSSR count). The molecule has 0 aliphatic carbocycles. The van der Waals surface area contributed by atoms with Gasteiger partial charge in [-0.2, -0.15) is 0 Å². The van der Waals surface area contributed by atoms with Crippen LogP contribution < -0.4 is 15.4 Å². The molecule has 0 saturated carbocycles. The lowest BCUT2D eigenvalue weighted by molar-refractivity contribution is -0.116. The van der Waals surface area contributed by atoms with Gasteiger partial charge in [-0.3, -0.25) is 9.59 Å². The minimum Gasteiger partial charge on any atom is -0.351 e. The van der Waals surface area contributed by atoms with E-state index in [1.54, 1.807) is 24.3 Å². The van der Waals surface area contributed by atoms with Crippen molar-refractivity contribution >= 4 is 27.5 Å². The number of hydrogen-bond donors (Lipinski definition) is 3. The molecule has 0 bridgehead atoms. The molecule has 0 aromatic heterocycles. The van der Waals surface area contributed by atoms with Crippen LogP contribution in [0.3, 0.4) is 0 Å². The van der Waals surface area contributed by atoms with Crippen LogP contribution in [0.5, 0.6) is 0 Å². The molecule has 2 aromatic carbocycles. The van der Waals surface area contributed by atoms with Crippen molar-refractivity contribution in [3.63, 3.8) is 0 Å². The molecule has 0 saturated heterocycles. The molecular weight excluding hydrogens is 416 g/mol. The lowest BCUT2D eigenvalue weighted by Gasteiger charge is -2.09. The highest BCUT2D eigenvalue weighted by molar-refractivity contribution is 7.88. The van der Waals surface area contributed by atoms with Crippen LogP contribution in [0.4, 0.5) is 14.5 Å². The molecule has 0 aliphatic heterocycles. The van der Waals surface area contributed by atoms with Gasteiger partial charge >= 0.3 is 0 Å². The molecule has 3 N–H and O–H groups in total. The van der Waals surface area contributed by atoms with Gasteiger partial charge in [0.2, 0.25) is 15.9 Å². The Morgan fingerprint density at radius 1 is 1.07 bits per heavy atom. The van der Waals surface area contributed by atoms with Gasteiger partial charge in [0.1, 0.15) is 11.6 Å². The van der Waals surface area contributed by atoms with Crippen molar-refractivity contribution in [2.75, 3.05) is 18.4 Å². The summed E-state index contributed by atoms with van der Waals surface area (Å²) in [6.45, 7) is 3.53. The fourth-order valence-corrected chi connectivity index (χ4v) is 3.53. The van der Waals surface area contributed by atoms with Gasteiger partial charge in [-0.25, -0.2) is 21.9 Å². The van der Waals surface area contributed by atoms with Crippen molar-refractivity contribution in [1.82, 2.24) is 10.0 Å². The van der Waals surface area contributed by atoms with Gasteiger partial charge in [-0.05, 0) is 29.8 Å². The van der Waals surface area contributed by atoms with E-state index >= 15 is 0 Å². The van der Waals surface area contributed by atoms with Gasteiger partial charge in [0.15, 0.2) is 0 Å². The summed E-state index contributed by atoms with van der Waals surface area (Å²) in [7, 11) is -3.48. The Balaban J connectivity index is 1.80. The van der Waals surface area contributed by atoms with Crippen LogP contribution in [-0.4, -0.2) is 33.3 Å². The summed E-state index contributed by atoms with van der Waals surface area (Å²) in [5.41, 5.74) is 0.680. The molecule has 0 aliphatic rings. The third-order valence-corrected chi connectivity index (χ3v) is 5.18. The average molecular weight is 437 g/mol. The van der Waals surface area contributed by atoms with Gasteiger partial charge in [-0.15, -0.1) is 6.58 Å². The van der Waals surface area contributed by atoms with Crippen molar-refractivity contribution in [1.29, 1.82) is 0 Å². The van der Waals surface area contributed by atoms with Crippen molar-refractivity contribution in [3.8, 4) is 0 Å². The van der Waals surface area contributed by atoms with Gasteiger partial charge in [0.25, 0.3) is 5.91 Å². The molecule has 160 valence electrons. The van der Waals surface area contributed by atoms with E-state index in [2.05, 4.69) is 21.9 Å². The number of carbonyl (C=O) groups excluding carboxylic acids is 2. The van der Waals surface area contributed by atoms with Crippen molar-refractivity contribution in [2.24, 2.45) is 0 Å². The second-order valence-electron chi connectivity index (χ2n) is 6.27. The largest absolute Gasteiger partial charge is 0.351 e. The number of hydrogen-bond acceptors (Lipinski definition) is 4. The molecule has 0 radical (unpaired) electrons. The topological polar surface area (TPSA) is 104 Å². The first-order chi connectivity index (χ1) is 14.2. The zero-order valence-electron chi connectivity index (χ0n) is 16.0. The maximum atomic E-state index is 13.5. The molecule has 7 nitrogen and oxygen atoms in total. The van der Waals surface area contributed by atoms with E-state index in [-0.39, 0.29) is 30.8 Å². The van der Waals surface area contributed by atoms with E-state index in [0.29, 0.717) is 17.3 Å². The molecule has 2 aromatic rings. The summed E-state index contributed by atoms with van der Waals surface area (Å²) in [5.74, 6) is -3.14. The molecule has 0 unspecified atom stereocenters. The lowest BCUT2D eigenvalue weighted by atomic mass is 10.2. The van der Waals surface area contributed by atoms with Crippen LogP contribution in [0.1, 0.15) is 22.3 Å². The van der Waals surface area contributed by atoms with Crippen LogP contribution in [0.25, 0.3) is 0 Å². The van der Waals surface area contributed by atoms with E-state index in [1.165, 1.54) is 6.08 Å². The Kier molecular flexibility index (Phi) is 8.19. The minimum atomic E-state index is -3.48. The van der Waals surface area contributed by atoms with Crippen molar-refractivity contribution in [3.05, 3.63) is 77.9 Å². The minimum absolute atomic E-state index is 0.0488. The number of rotatable bonds is 10. The average Bonchev–Trinajstić information content (AvgIpc) is 2.67. The number of nitrogens with one attached hydrogen (secondary N) is 3. The second kappa shape index (κ2) is 10.6. The Morgan fingerprint density at radius 3 is 2.40 bits per heavy atom. The molecular formula is C20H21F2N3O4S. The van der Waals surface area contributed by atoms with Gasteiger partial charge in [-0.1, -0.05) is 18.2 Å². The SMILES string of the molecule is C=CCNS(=O)(=O)Cc1ccc(NC(=O)CCNC(=O)c2ccc(F)cc2F)cc1. The molecule has 10 heteroatoms. The number of anilines is 1. The number of halogens is 2. The van der Waals surface area contributed by atoms with Crippen LogP contribution in [0.15, 0.2) is 55.1 Å². The van der Waals surface area contributed by atoms with Gasteiger partial charge in [0.05, 0.1) is 11.3 Å². The standard InChI is InChI=1S/C20H21F2N3O4S/c1-2-10-24-30(28,29)13-14-3-6-16(7-4-14)25-19(26)9-11-23-20(27)17-8-5-15(21)12-18(17)22/h2-8,12,24H,1,9-11,13H2,(H,23,27)(H,25,26). The first-order valence-electron chi connectivity index (χ1n) is 8.90. The van der Waals surface area contributed by atoms with Crippen molar-refractivity contribution in [2.45, 2.75) is 12.2 Å². The van der Waals surface area contributed by atoms with Crippen LogP contribution in [0.2, 0.25) is 0 Å². The highest BCUT2D eigenvalue weighted by atomic mass is 32.2. The monoisotopic (exact) mass is 437 g/mol. The van der Waals surface area contributed by atoms with Crippen LogP contribution >= 0.6 is 0 Å². The number of amides is 2. The predicted octanol–water partition coefficient (Wildman–Crippen LogP) is 2.33. The summed E-state index contributed by atoms with van der Waals surface area (Å²) >= 11 is 0. The fourth-order valence-electron chi connectivity index (χ4n) is 2.42. The number of sulfonamides is 1. The number of benzene rings is 2. The summed E-state index contributed by atoms with van der Waals surface area (Å²) in [6, 6.07) is 8.85. The second-order valence-corrected chi connectivity index (χ2v) is 8.08. The summed E-state index contributed by atoms with van der Waals surface area (Å²) in [4.78, 5) is 23.8. The highest BCUT2D eigenvalue weighted by Gasteiger charge is 2.13. The maximum Gasteiger partial charge on any atom is 0.254 e. The smallest absolute Gasteiger partial charge is 0.254 e.